The summed E-state index contributed by atoms with van der Waals surface area (Å²) in [5.41, 5.74) is 5.48. The normalized spacial score (nSPS) is 16.4. The molecule has 0 aliphatic carbocycles. The summed E-state index contributed by atoms with van der Waals surface area (Å²) >= 11 is 0. The van der Waals surface area contributed by atoms with E-state index in [0.717, 1.165) is 86.8 Å². The van der Waals surface area contributed by atoms with Gasteiger partial charge in [-0.05, 0) is 60.8 Å². The lowest BCUT2D eigenvalue weighted by atomic mass is 9.96. The number of aliphatic carboxylic acids is 1. The van der Waals surface area contributed by atoms with Crippen LogP contribution in [0.5, 0.6) is 0 Å². The second-order valence-electron chi connectivity index (χ2n) is 12.3. The number of fused-ring (bicyclic) bond motifs is 1. The first kappa shape index (κ1) is 34.8. The highest BCUT2D eigenvalue weighted by atomic mass is 19.4. The van der Waals surface area contributed by atoms with Gasteiger partial charge in [0.25, 0.3) is 0 Å². The van der Waals surface area contributed by atoms with Crippen molar-refractivity contribution in [3.05, 3.63) is 95.3 Å². The number of nitrogens with one attached hydrogen (secondary N) is 1. The zero-order valence-corrected chi connectivity index (χ0v) is 26.8. The van der Waals surface area contributed by atoms with Gasteiger partial charge in [0, 0.05) is 58.3 Å². The summed E-state index contributed by atoms with van der Waals surface area (Å²) in [6, 6.07) is 23.4. The summed E-state index contributed by atoms with van der Waals surface area (Å²) < 4.78 is 47.4. The zero-order chi connectivity index (χ0) is 34.3. The Labute approximate surface area is 276 Å². The molecule has 9 nitrogen and oxygen atoms in total. The van der Waals surface area contributed by atoms with Gasteiger partial charge in [-0.1, -0.05) is 48.5 Å². The highest BCUT2D eigenvalue weighted by Gasteiger charge is 2.38. The largest absolute Gasteiger partial charge is 0.490 e. The van der Waals surface area contributed by atoms with Crippen molar-refractivity contribution in [3.63, 3.8) is 0 Å². The van der Waals surface area contributed by atoms with Gasteiger partial charge >= 0.3 is 12.1 Å². The summed E-state index contributed by atoms with van der Waals surface area (Å²) in [4.78, 5) is 34.1. The van der Waals surface area contributed by atoms with Gasteiger partial charge in [-0.2, -0.15) is 13.2 Å². The van der Waals surface area contributed by atoms with E-state index in [2.05, 4.69) is 62.0 Å². The molecule has 0 radical (unpaired) electrons. The van der Waals surface area contributed by atoms with E-state index in [1.807, 2.05) is 30.3 Å². The van der Waals surface area contributed by atoms with Gasteiger partial charge < -0.3 is 24.8 Å². The van der Waals surface area contributed by atoms with Crippen LogP contribution in [0.1, 0.15) is 29.5 Å². The van der Waals surface area contributed by atoms with Crippen molar-refractivity contribution in [3.8, 4) is 0 Å². The number of hydrogen-bond donors (Lipinski definition) is 2. The van der Waals surface area contributed by atoms with Crippen molar-refractivity contribution in [1.82, 2.24) is 24.7 Å². The number of rotatable bonds is 8. The minimum atomic E-state index is -5.08. The Bertz CT molecular complexity index is 1660. The molecule has 13 heteroatoms. The molecule has 1 amide bonds. The van der Waals surface area contributed by atoms with Crippen molar-refractivity contribution in [1.29, 1.82) is 0 Å². The number of anilines is 1. The molecule has 256 valence electrons. The van der Waals surface area contributed by atoms with E-state index in [-0.39, 0.29) is 17.6 Å². The Kier molecular flexibility index (Phi) is 11.3. The summed E-state index contributed by atoms with van der Waals surface area (Å²) in [5, 5.41) is 10.3. The fraction of sp³-hybridized carbons (Fsp3) is 0.400. The molecule has 2 saturated heterocycles. The average Bonchev–Trinajstić information content (AvgIpc) is 3.44. The third-order valence-electron chi connectivity index (χ3n) is 8.77. The minimum Gasteiger partial charge on any atom is -0.475 e. The highest BCUT2D eigenvalue weighted by molar-refractivity contribution is 5.80. The molecule has 0 bridgehead atoms. The van der Waals surface area contributed by atoms with Crippen molar-refractivity contribution in [2.75, 3.05) is 51.2 Å². The number of carbonyl (C=O) groups is 2. The van der Waals surface area contributed by atoms with E-state index < -0.39 is 12.1 Å². The molecule has 6 rings (SSSR count). The molecule has 0 spiro atoms. The Morgan fingerprint density at radius 1 is 0.833 bits per heavy atom. The number of amides is 1. The molecule has 0 unspecified atom stereocenters. The molecular weight excluding hydrogens is 628 g/mol. The molecule has 1 aromatic heterocycles. The Balaban J connectivity index is 0.000000582. The number of hydrogen-bond acceptors (Lipinski definition) is 6. The summed E-state index contributed by atoms with van der Waals surface area (Å²) in [7, 11) is 2.18. The molecule has 48 heavy (non-hydrogen) atoms. The number of carboxylic acid groups (broad SMARTS) is 1. The summed E-state index contributed by atoms with van der Waals surface area (Å²) in [5.74, 6) is -1.95. The van der Waals surface area contributed by atoms with Crippen LogP contribution in [0.2, 0.25) is 0 Å². The van der Waals surface area contributed by atoms with Gasteiger partial charge in [-0.3, -0.25) is 9.69 Å². The molecule has 3 aromatic carbocycles. The maximum absolute atomic E-state index is 13.5. The van der Waals surface area contributed by atoms with E-state index >= 15 is 0 Å². The second-order valence-corrected chi connectivity index (χ2v) is 12.3. The third-order valence-corrected chi connectivity index (χ3v) is 8.77. The number of carboxylic acids is 1. The van der Waals surface area contributed by atoms with Crippen molar-refractivity contribution in [2.24, 2.45) is 5.92 Å². The number of nitrogens with zero attached hydrogens (tertiary/aromatic N) is 5. The molecule has 0 saturated carbocycles. The first-order valence-electron chi connectivity index (χ1n) is 16.0. The predicted molar refractivity (Wildman–Crippen MR) is 175 cm³/mol. The molecule has 2 aliphatic heterocycles. The number of carbonyl (C=O) groups excluding carboxylic acids is 1. The lowest BCUT2D eigenvalue weighted by Gasteiger charge is -2.32. The summed E-state index contributed by atoms with van der Waals surface area (Å²) in [6.45, 7) is 8.16. The minimum absolute atomic E-state index is 0.00215. The molecule has 3 heterocycles. The van der Waals surface area contributed by atoms with Gasteiger partial charge in [0.15, 0.2) is 0 Å². The lowest BCUT2D eigenvalue weighted by molar-refractivity contribution is -0.192. The second kappa shape index (κ2) is 15.6. The van der Waals surface area contributed by atoms with E-state index in [9.17, 15) is 22.4 Å². The smallest absolute Gasteiger partial charge is 0.475 e. The van der Waals surface area contributed by atoms with Crippen LogP contribution in [-0.2, 0) is 29.2 Å². The molecule has 4 aromatic rings. The first-order chi connectivity index (χ1) is 23.0. The third kappa shape index (κ3) is 9.32. The summed E-state index contributed by atoms with van der Waals surface area (Å²) in [6.07, 6.45) is -3.51. The van der Waals surface area contributed by atoms with E-state index in [1.54, 1.807) is 0 Å². The van der Waals surface area contributed by atoms with Gasteiger partial charge in [0.1, 0.15) is 5.82 Å². The first-order valence-corrected chi connectivity index (χ1v) is 16.0. The SMILES string of the molecule is CN1CCN(Cc2ccc(CNC(=O)C3CCN(c4nc5ccccc5n4Cc4ccc(F)cc4)CC3)cc2)CC1.O=C(O)C(F)(F)F. The van der Waals surface area contributed by atoms with E-state index in [4.69, 9.17) is 14.9 Å². The van der Waals surface area contributed by atoms with Crippen LogP contribution < -0.4 is 10.2 Å². The number of piperazine rings is 1. The fourth-order valence-corrected chi connectivity index (χ4v) is 5.93. The van der Waals surface area contributed by atoms with Crippen LogP contribution >= 0.6 is 0 Å². The van der Waals surface area contributed by atoms with Crippen LogP contribution in [0.4, 0.5) is 23.5 Å². The van der Waals surface area contributed by atoms with Crippen molar-refractivity contribution >= 4 is 28.9 Å². The number of piperidine rings is 1. The lowest BCUT2D eigenvalue weighted by Crippen LogP contribution is -2.43. The highest BCUT2D eigenvalue weighted by Crippen LogP contribution is 2.28. The van der Waals surface area contributed by atoms with Crippen LogP contribution in [0.15, 0.2) is 72.8 Å². The number of benzene rings is 3. The maximum atomic E-state index is 13.5. The van der Waals surface area contributed by atoms with E-state index in [0.29, 0.717) is 13.1 Å². The Morgan fingerprint density at radius 3 is 2.02 bits per heavy atom. The fourth-order valence-electron chi connectivity index (χ4n) is 5.93. The number of para-hydroxylation sites is 2. The average molecular weight is 669 g/mol. The van der Waals surface area contributed by atoms with Gasteiger partial charge in [-0.15, -0.1) is 0 Å². The van der Waals surface area contributed by atoms with Crippen molar-refractivity contribution < 1.29 is 32.3 Å². The predicted octanol–water partition coefficient (Wildman–Crippen LogP) is 5.14. The van der Waals surface area contributed by atoms with Crippen molar-refractivity contribution in [2.45, 2.75) is 38.7 Å². The number of aromatic nitrogens is 2. The molecule has 0 atom stereocenters. The quantitative estimate of drug-likeness (QED) is 0.252. The monoisotopic (exact) mass is 668 g/mol. The maximum Gasteiger partial charge on any atom is 0.490 e. The molecule has 2 fully saturated rings. The van der Waals surface area contributed by atoms with Gasteiger partial charge in [0.05, 0.1) is 17.6 Å². The Morgan fingerprint density at radius 2 is 1.40 bits per heavy atom. The van der Waals surface area contributed by atoms with Gasteiger partial charge in [-0.25, -0.2) is 14.2 Å². The topological polar surface area (TPSA) is 93.9 Å². The van der Waals surface area contributed by atoms with Crippen LogP contribution in [0, 0.1) is 11.7 Å². The number of alkyl halides is 3. The molecule has 2 aliphatic rings. The van der Waals surface area contributed by atoms with Crippen LogP contribution in [0.25, 0.3) is 11.0 Å². The van der Waals surface area contributed by atoms with Gasteiger partial charge in [0.2, 0.25) is 11.9 Å². The number of imidazole rings is 1. The number of halogens is 4. The van der Waals surface area contributed by atoms with Crippen LogP contribution in [-0.4, -0.2) is 88.8 Å². The molecular formula is C35H40F4N6O3. The standard InChI is InChI=1S/C33H39FN6O.C2HF3O2/c1-37-18-20-38(21-19-37)23-26-8-6-25(7-9-26)22-35-32(41)28-14-16-39(17-15-28)33-36-30-4-2-3-5-31(30)40(33)24-27-10-12-29(34)13-11-27;3-2(4,5)1(6)7/h2-13,28H,14-24H2,1H3,(H,35,41);(H,6,7). The molecule has 2 N–H and O–H groups in total. The zero-order valence-electron chi connectivity index (χ0n) is 26.8. The van der Waals surface area contributed by atoms with E-state index in [1.165, 1.54) is 17.7 Å². The van der Waals surface area contributed by atoms with Crippen LogP contribution in [0.3, 0.4) is 0 Å². The Hall–Kier alpha value is -4.49. The number of likely N-dealkylation sites (N-methyl/N-ethyl adjacent to an activating group) is 1.